The smallest absolute Gasteiger partial charge is 0.345 e. The highest BCUT2D eigenvalue weighted by molar-refractivity contribution is 5.39. The highest BCUT2D eigenvalue weighted by Gasteiger charge is 2.36. The molecule has 0 amide bonds. The first-order valence-corrected chi connectivity index (χ1v) is 8.90. The van der Waals surface area contributed by atoms with Crippen molar-refractivity contribution in [2.24, 2.45) is 20.0 Å². The average Bonchev–Trinajstić information content (AvgIpc) is 3.27. The summed E-state index contributed by atoms with van der Waals surface area (Å²) in [5.74, 6) is 1.75. The minimum atomic E-state index is -0.406. The maximum atomic E-state index is 11.9. The molecule has 0 unspecified atom stereocenters. The van der Waals surface area contributed by atoms with Gasteiger partial charge in [0.05, 0.1) is 11.8 Å². The van der Waals surface area contributed by atoms with Gasteiger partial charge in [-0.05, 0) is 43.7 Å². The number of rotatable bonds is 4. The van der Waals surface area contributed by atoms with Gasteiger partial charge in [0.1, 0.15) is 11.6 Å². The third-order valence-electron chi connectivity index (χ3n) is 5.55. The number of aryl methyl sites for hydroxylation is 3. The Labute approximate surface area is 145 Å². The van der Waals surface area contributed by atoms with E-state index < -0.39 is 6.10 Å². The number of aliphatic hydroxyl groups excluding tert-OH is 1. The van der Waals surface area contributed by atoms with Crippen molar-refractivity contribution in [1.82, 2.24) is 24.5 Å². The van der Waals surface area contributed by atoms with Gasteiger partial charge in [-0.2, -0.15) is 10.2 Å². The van der Waals surface area contributed by atoms with E-state index in [0.29, 0.717) is 13.0 Å². The van der Waals surface area contributed by atoms with Gasteiger partial charge in [0.25, 0.3) is 0 Å². The Morgan fingerprint density at radius 3 is 2.88 bits per heavy atom. The van der Waals surface area contributed by atoms with E-state index in [0.717, 1.165) is 43.0 Å². The van der Waals surface area contributed by atoms with Crippen LogP contribution in [0.3, 0.4) is 0 Å². The van der Waals surface area contributed by atoms with Crippen molar-refractivity contribution in [1.29, 1.82) is 0 Å². The predicted octanol–water partition coefficient (Wildman–Crippen LogP) is 0.364. The van der Waals surface area contributed by atoms with Crippen molar-refractivity contribution in [3.8, 4) is 0 Å². The zero-order valence-corrected chi connectivity index (χ0v) is 14.6. The maximum Gasteiger partial charge on any atom is 0.345 e. The van der Waals surface area contributed by atoms with E-state index in [4.69, 9.17) is 0 Å². The molecule has 2 N–H and O–H groups in total. The lowest BCUT2D eigenvalue weighted by Gasteiger charge is -2.15. The Hall–Kier alpha value is -2.22. The molecular weight excluding hydrogens is 320 g/mol. The quantitative estimate of drug-likeness (QED) is 0.831. The monoisotopic (exact) mass is 344 g/mol. The summed E-state index contributed by atoms with van der Waals surface area (Å²) in [6, 6.07) is 2.08. The molecule has 0 spiro atoms. The summed E-state index contributed by atoms with van der Waals surface area (Å²) in [6.45, 7) is 0.645. The molecule has 134 valence electrons. The molecule has 2 aromatic heterocycles. The number of hydrogen-bond acceptors (Lipinski definition) is 6. The lowest BCUT2D eigenvalue weighted by atomic mass is 10.0. The number of fused-ring (bicyclic) bond motifs is 1. The summed E-state index contributed by atoms with van der Waals surface area (Å²) >= 11 is 0. The van der Waals surface area contributed by atoms with Gasteiger partial charge < -0.3 is 10.4 Å². The van der Waals surface area contributed by atoms with Gasteiger partial charge in [0.15, 0.2) is 0 Å². The number of nitrogens with zero attached hydrogens (tertiary/aromatic N) is 5. The first-order chi connectivity index (χ1) is 12.0. The highest BCUT2D eigenvalue weighted by Crippen LogP contribution is 2.37. The summed E-state index contributed by atoms with van der Waals surface area (Å²) in [4.78, 5) is 11.9. The third-order valence-corrected chi connectivity index (χ3v) is 5.55. The fourth-order valence-electron chi connectivity index (χ4n) is 4.12. The molecule has 2 aromatic rings. The highest BCUT2D eigenvalue weighted by atomic mass is 16.3. The molecule has 4 rings (SSSR count). The van der Waals surface area contributed by atoms with Gasteiger partial charge in [-0.15, -0.1) is 5.10 Å². The van der Waals surface area contributed by atoms with E-state index in [9.17, 15) is 9.90 Å². The average molecular weight is 344 g/mol. The van der Waals surface area contributed by atoms with Crippen LogP contribution >= 0.6 is 0 Å². The molecule has 1 fully saturated rings. The number of nitrogens with one attached hydrogen (secondary N) is 1. The van der Waals surface area contributed by atoms with Gasteiger partial charge in [-0.3, -0.25) is 4.57 Å². The molecule has 25 heavy (non-hydrogen) atoms. The fourth-order valence-corrected chi connectivity index (χ4v) is 4.12. The summed E-state index contributed by atoms with van der Waals surface area (Å²) in [6.07, 6.45) is 4.27. The predicted molar refractivity (Wildman–Crippen MR) is 92.5 cm³/mol. The van der Waals surface area contributed by atoms with Crippen LogP contribution in [0, 0.1) is 5.92 Å². The summed E-state index contributed by atoms with van der Waals surface area (Å²) in [5.41, 5.74) is 2.27. The zero-order valence-electron chi connectivity index (χ0n) is 14.6. The number of aromatic nitrogens is 5. The van der Waals surface area contributed by atoms with Crippen molar-refractivity contribution < 1.29 is 5.11 Å². The van der Waals surface area contributed by atoms with Crippen molar-refractivity contribution >= 4 is 5.82 Å². The summed E-state index contributed by atoms with van der Waals surface area (Å²) < 4.78 is 2.94. The van der Waals surface area contributed by atoms with Crippen molar-refractivity contribution in [3.63, 3.8) is 0 Å². The second-order valence-electron chi connectivity index (χ2n) is 7.26. The van der Waals surface area contributed by atoms with Gasteiger partial charge in [-0.25, -0.2) is 9.48 Å². The second-order valence-corrected chi connectivity index (χ2v) is 7.26. The molecule has 0 bridgehead atoms. The number of aliphatic hydroxyl groups is 1. The summed E-state index contributed by atoms with van der Waals surface area (Å²) in [5, 5.41) is 26.6. The van der Waals surface area contributed by atoms with Crippen LogP contribution in [0.4, 0.5) is 5.82 Å². The van der Waals surface area contributed by atoms with Crippen LogP contribution in [0.2, 0.25) is 0 Å². The minimum Gasteiger partial charge on any atom is -0.393 e. The first kappa shape index (κ1) is 16.3. The molecule has 2 heterocycles. The van der Waals surface area contributed by atoms with Gasteiger partial charge in [0, 0.05) is 32.5 Å². The SMILES string of the molecule is Cn1nc([C@H]2C[C@H](CNc3cc4c(nn3)CCC4)[C@H](O)C2)n(C)c1=O. The van der Waals surface area contributed by atoms with E-state index in [1.54, 1.807) is 18.7 Å². The third kappa shape index (κ3) is 2.95. The molecule has 2 aliphatic carbocycles. The molecule has 2 aliphatic rings. The van der Waals surface area contributed by atoms with Crippen LogP contribution < -0.4 is 11.0 Å². The maximum absolute atomic E-state index is 11.9. The second kappa shape index (κ2) is 6.25. The van der Waals surface area contributed by atoms with E-state index in [2.05, 4.69) is 26.7 Å². The fraction of sp³-hybridized carbons (Fsp3) is 0.647. The first-order valence-electron chi connectivity index (χ1n) is 8.90. The largest absolute Gasteiger partial charge is 0.393 e. The molecule has 0 saturated heterocycles. The molecule has 1 saturated carbocycles. The zero-order chi connectivity index (χ0) is 17.6. The van der Waals surface area contributed by atoms with Crippen LogP contribution in [-0.4, -0.2) is 42.3 Å². The Kier molecular flexibility index (Phi) is 4.07. The van der Waals surface area contributed by atoms with Crippen molar-refractivity contribution in [2.75, 3.05) is 11.9 Å². The Bertz CT molecular complexity index is 842. The van der Waals surface area contributed by atoms with E-state index in [1.807, 2.05) is 0 Å². The van der Waals surface area contributed by atoms with Crippen LogP contribution in [0.1, 0.15) is 42.3 Å². The van der Waals surface area contributed by atoms with Crippen molar-refractivity contribution in [2.45, 2.75) is 44.1 Å². The van der Waals surface area contributed by atoms with Crippen LogP contribution in [0.25, 0.3) is 0 Å². The molecule has 0 aromatic carbocycles. The number of anilines is 1. The minimum absolute atomic E-state index is 0.104. The Morgan fingerprint density at radius 1 is 1.28 bits per heavy atom. The van der Waals surface area contributed by atoms with Gasteiger partial charge in [0.2, 0.25) is 0 Å². The van der Waals surface area contributed by atoms with E-state index in [-0.39, 0.29) is 17.5 Å². The topological polar surface area (TPSA) is 97.9 Å². The van der Waals surface area contributed by atoms with Gasteiger partial charge in [-0.1, -0.05) is 0 Å². The van der Waals surface area contributed by atoms with Crippen LogP contribution in [-0.2, 0) is 26.9 Å². The summed E-state index contributed by atoms with van der Waals surface area (Å²) in [7, 11) is 3.39. The molecule has 8 nitrogen and oxygen atoms in total. The lowest BCUT2D eigenvalue weighted by Crippen LogP contribution is -2.22. The molecule has 8 heteroatoms. The van der Waals surface area contributed by atoms with Gasteiger partial charge >= 0.3 is 5.69 Å². The van der Waals surface area contributed by atoms with Crippen molar-refractivity contribution in [3.05, 3.63) is 33.6 Å². The molecular formula is C17H24N6O2. The van der Waals surface area contributed by atoms with Crippen LogP contribution in [0.5, 0.6) is 0 Å². The lowest BCUT2D eigenvalue weighted by molar-refractivity contribution is 0.137. The van der Waals surface area contributed by atoms with Crippen LogP contribution in [0.15, 0.2) is 10.9 Å². The molecule has 0 radical (unpaired) electrons. The molecule has 3 atom stereocenters. The molecule has 0 aliphatic heterocycles. The van der Waals surface area contributed by atoms with E-state index in [1.165, 1.54) is 10.2 Å². The standard InChI is InChI=1S/C17H24N6O2/c1-22-16(21-23(2)17(22)25)11-6-12(14(24)7-11)9-18-15-8-10-4-3-5-13(10)19-20-15/h8,11-12,14,24H,3-7,9H2,1-2H3,(H,18,20)/t11-,12+,14+/m0/s1. The number of hydrogen-bond donors (Lipinski definition) is 2. The van der Waals surface area contributed by atoms with E-state index >= 15 is 0 Å². The Balaban J connectivity index is 1.42. The normalized spacial score (nSPS) is 25.3. The Morgan fingerprint density at radius 2 is 2.12 bits per heavy atom.